The zero-order valence-corrected chi connectivity index (χ0v) is 19.3. The van der Waals surface area contributed by atoms with Crippen LogP contribution in [0.25, 0.3) is 0 Å². The lowest BCUT2D eigenvalue weighted by molar-refractivity contribution is 1.49. The second kappa shape index (κ2) is 7.51. The van der Waals surface area contributed by atoms with Gasteiger partial charge in [-0.2, -0.15) is 0 Å². The Balaban J connectivity index is 2.81. The van der Waals surface area contributed by atoms with Crippen molar-refractivity contribution in [3.05, 3.63) is 70.5 Å². The summed E-state index contributed by atoms with van der Waals surface area (Å²) < 4.78 is 0. The van der Waals surface area contributed by atoms with E-state index in [9.17, 15) is 0 Å². The molecule has 0 aliphatic rings. The lowest BCUT2D eigenvalue weighted by Crippen LogP contribution is -2.53. The van der Waals surface area contributed by atoms with Crippen molar-refractivity contribution in [3.8, 4) is 0 Å². The van der Waals surface area contributed by atoms with Gasteiger partial charge >= 0.3 is 0 Å². The number of benzene rings is 2. The second-order valence-corrected chi connectivity index (χ2v) is 19.5. The van der Waals surface area contributed by atoms with Crippen LogP contribution in [0.3, 0.4) is 0 Å². The third-order valence-electron chi connectivity index (χ3n) is 4.76. The molecule has 0 spiro atoms. The highest BCUT2D eigenvalue weighted by Crippen LogP contribution is 2.22. The van der Waals surface area contributed by atoms with Gasteiger partial charge in [0, 0.05) is 0 Å². The smallest absolute Gasteiger partial charge is 0.109 e. The molecule has 0 saturated carbocycles. The summed E-state index contributed by atoms with van der Waals surface area (Å²) in [5.74, 6) is 0. The molecule has 25 heavy (non-hydrogen) atoms. The average Bonchev–Trinajstić information content (AvgIpc) is 2.48. The predicted molar refractivity (Wildman–Crippen MR) is 122 cm³/mol. The lowest BCUT2D eigenvalue weighted by atomic mass is 9.39. The maximum absolute atomic E-state index is 2.70. The lowest BCUT2D eigenvalue weighted by Gasteiger charge is -2.32. The molecule has 0 N–H and O–H groups in total. The first-order valence-corrected chi connectivity index (χ1v) is 16.4. The van der Waals surface area contributed by atoms with Crippen molar-refractivity contribution in [2.45, 2.75) is 53.1 Å². The van der Waals surface area contributed by atoms with E-state index in [0.29, 0.717) is 6.71 Å². The van der Waals surface area contributed by atoms with Gasteiger partial charge in [0.2, 0.25) is 6.71 Å². The van der Waals surface area contributed by atoms with E-state index in [-0.39, 0.29) is 0 Å². The number of aryl methyl sites for hydroxylation is 2. The van der Waals surface area contributed by atoms with Crippen LogP contribution < -0.4 is 10.9 Å². The van der Waals surface area contributed by atoms with Crippen LogP contribution in [0.4, 0.5) is 0 Å². The van der Waals surface area contributed by atoms with Crippen molar-refractivity contribution < 1.29 is 0 Å². The Hall–Kier alpha value is -1.32. The van der Waals surface area contributed by atoms with E-state index in [1.807, 2.05) is 0 Å². The van der Waals surface area contributed by atoms with E-state index >= 15 is 0 Å². The Morgan fingerprint density at radius 2 is 1.12 bits per heavy atom. The first-order chi connectivity index (χ1) is 11.5. The van der Waals surface area contributed by atoms with E-state index in [1.165, 1.54) is 22.1 Å². The van der Waals surface area contributed by atoms with Crippen LogP contribution in [0.5, 0.6) is 0 Å². The van der Waals surface area contributed by atoms with E-state index in [4.69, 9.17) is 0 Å². The van der Waals surface area contributed by atoms with Crippen molar-refractivity contribution in [2.24, 2.45) is 0 Å². The second-order valence-electron chi connectivity index (χ2n) is 9.36. The Labute approximate surface area is 157 Å². The van der Waals surface area contributed by atoms with Gasteiger partial charge in [-0.1, -0.05) is 110 Å². The maximum atomic E-state index is 2.70. The zero-order chi connectivity index (χ0) is 18.8. The minimum absolute atomic E-state index is 0.390. The minimum Gasteiger partial charge on any atom is -0.109 e. The van der Waals surface area contributed by atoms with Crippen LogP contribution in [0.2, 0.25) is 39.3 Å². The molecule has 0 bridgehead atoms. The molecule has 0 amide bonds. The molecule has 2 rings (SSSR count). The average molecular weight is 364 g/mol. The van der Waals surface area contributed by atoms with E-state index in [1.54, 1.807) is 5.10 Å². The molecular weight excluding hydrogens is 331 g/mol. The van der Waals surface area contributed by atoms with Crippen LogP contribution in [0, 0.1) is 13.8 Å². The monoisotopic (exact) mass is 364 g/mol. The van der Waals surface area contributed by atoms with Crippen molar-refractivity contribution in [1.82, 2.24) is 0 Å². The third kappa shape index (κ3) is 5.08. The molecule has 0 radical (unpaired) electrons. The first-order valence-electron chi connectivity index (χ1n) is 9.35. The third-order valence-corrected chi connectivity index (χ3v) is 8.40. The molecular formula is C22H33BSi2. The van der Waals surface area contributed by atoms with Gasteiger partial charge in [0.25, 0.3) is 0 Å². The molecule has 0 aliphatic heterocycles. The van der Waals surface area contributed by atoms with Crippen LogP contribution in [0.15, 0.2) is 59.3 Å². The van der Waals surface area contributed by atoms with Crippen LogP contribution in [-0.2, 0) is 0 Å². The van der Waals surface area contributed by atoms with Gasteiger partial charge in [-0.25, -0.2) is 0 Å². The van der Waals surface area contributed by atoms with Crippen LogP contribution in [-0.4, -0.2) is 22.9 Å². The van der Waals surface area contributed by atoms with Crippen LogP contribution >= 0.6 is 0 Å². The molecule has 3 heteroatoms. The molecule has 0 heterocycles. The Kier molecular flexibility index (Phi) is 6.00. The molecule has 0 atom stereocenters. The van der Waals surface area contributed by atoms with E-state index in [0.717, 1.165) is 0 Å². The molecule has 132 valence electrons. The van der Waals surface area contributed by atoms with Crippen molar-refractivity contribution >= 4 is 33.8 Å². The molecule has 0 aliphatic carbocycles. The largest absolute Gasteiger partial charge is 0.233 e. The summed E-state index contributed by atoms with van der Waals surface area (Å²) in [5.41, 5.74) is 8.45. The first kappa shape index (κ1) is 20.0. The van der Waals surface area contributed by atoms with Crippen molar-refractivity contribution in [1.29, 1.82) is 0 Å². The highest BCUT2D eigenvalue weighted by atomic mass is 28.3. The van der Waals surface area contributed by atoms with Gasteiger partial charge < -0.3 is 0 Å². The van der Waals surface area contributed by atoms with E-state index in [2.05, 4.69) is 107 Å². The summed E-state index contributed by atoms with van der Waals surface area (Å²) >= 11 is 0. The SMILES string of the molecule is Cc1ccccc1B(/C(=C\[Si](C)(C)C)[Si](C)(C)C)c1ccccc1C. The zero-order valence-electron chi connectivity index (χ0n) is 17.3. The van der Waals surface area contributed by atoms with Gasteiger partial charge in [-0.15, -0.1) is 10.8 Å². The minimum atomic E-state index is -1.48. The predicted octanol–water partition coefficient (Wildman–Crippen LogP) is 5.13. The van der Waals surface area contributed by atoms with Crippen molar-refractivity contribution in [2.75, 3.05) is 0 Å². The highest BCUT2D eigenvalue weighted by molar-refractivity contribution is 7.09. The standard InChI is InChI=1S/C22H33BSi2/c1-18-13-9-11-15-20(18)23(21-16-12-10-14-19(21)2)22(25(6,7)8)17-24(3,4)5/h9-17H,1-8H3/b22-17+. The van der Waals surface area contributed by atoms with Gasteiger partial charge in [-0.3, -0.25) is 0 Å². The summed E-state index contributed by atoms with van der Waals surface area (Å²) in [6, 6.07) is 17.9. The van der Waals surface area contributed by atoms with Gasteiger partial charge in [-0.05, 0) is 13.8 Å². The fourth-order valence-corrected chi connectivity index (χ4v) is 8.83. The molecule has 0 aromatic heterocycles. The number of hydrogen-bond donors (Lipinski definition) is 0. The maximum Gasteiger partial charge on any atom is 0.233 e. The van der Waals surface area contributed by atoms with Crippen LogP contribution in [0.1, 0.15) is 11.1 Å². The molecule has 2 aromatic carbocycles. The number of hydrogen-bond acceptors (Lipinski definition) is 0. The molecule has 0 saturated heterocycles. The van der Waals surface area contributed by atoms with E-state index < -0.39 is 16.1 Å². The summed E-state index contributed by atoms with van der Waals surface area (Å²) in [7, 11) is -2.80. The molecule has 0 fully saturated rings. The van der Waals surface area contributed by atoms with Gasteiger partial charge in [0.1, 0.15) is 0 Å². The fraction of sp³-hybridized carbons (Fsp3) is 0.364. The summed E-state index contributed by atoms with van der Waals surface area (Å²) in [6.45, 7) is 19.8. The molecule has 0 nitrogen and oxygen atoms in total. The molecule has 0 unspecified atom stereocenters. The Bertz CT molecular complexity index is 719. The summed E-state index contributed by atoms with van der Waals surface area (Å²) in [6.07, 6.45) is 0. The van der Waals surface area contributed by atoms with Gasteiger partial charge in [0.05, 0.1) is 16.1 Å². The summed E-state index contributed by atoms with van der Waals surface area (Å²) in [5, 5.41) is 1.70. The number of rotatable bonds is 5. The Morgan fingerprint density at radius 1 is 0.720 bits per heavy atom. The quantitative estimate of drug-likeness (QED) is 0.645. The highest BCUT2D eigenvalue weighted by Gasteiger charge is 2.35. The summed E-state index contributed by atoms with van der Waals surface area (Å²) in [4.78, 5) is 0. The fourth-order valence-electron chi connectivity index (χ4n) is 3.52. The van der Waals surface area contributed by atoms with Crippen molar-refractivity contribution in [3.63, 3.8) is 0 Å². The topological polar surface area (TPSA) is 0 Å². The Morgan fingerprint density at radius 3 is 1.44 bits per heavy atom. The normalized spacial score (nSPS) is 13.0. The molecule has 2 aromatic rings. The van der Waals surface area contributed by atoms with Gasteiger partial charge in [0.15, 0.2) is 0 Å².